The number of hydrogen-bond acceptors (Lipinski definition) is 6. The lowest BCUT2D eigenvalue weighted by Gasteiger charge is -2.25. The second-order valence-electron chi connectivity index (χ2n) is 8.08. The van der Waals surface area contributed by atoms with Gasteiger partial charge in [-0.2, -0.15) is 5.26 Å². The van der Waals surface area contributed by atoms with E-state index < -0.39 is 0 Å². The fourth-order valence-electron chi connectivity index (χ4n) is 4.25. The highest BCUT2D eigenvalue weighted by Gasteiger charge is 2.23. The van der Waals surface area contributed by atoms with Gasteiger partial charge < -0.3 is 23.5 Å². The highest BCUT2D eigenvalue weighted by Crippen LogP contribution is 2.40. The van der Waals surface area contributed by atoms with Crippen LogP contribution in [0.2, 0.25) is 0 Å². The van der Waals surface area contributed by atoms with Gasteiger partial charge in [-0.1, -0.05) is 6.07 Å². The molecule has 0 saturated heterocycles. The molecule has 7 nitrogen and oxygen atoms in total. The van der Waals surface area contributed by atoms with E-state index in [1.165, 1.54) is 0 Å². The minimum atomic E-state index is 0.00267. The maximum atomic E-state index is 9.93. The summed E-state index contributed by atoms with van der Waals surface area (Å²) in [6.07, 6.45) is 0.737. The Bertz CT molecular complexity index is 1320. The van der Waals surface area contributed by atoms with E-state index in [0.29, 0.717) is 40.7 Å². The van der Waals surface area contributed by atoms with Gasteiger partial charge in [0.05, 0.1) is 33.1 Å². The average Bonchev–Trinajstić information content (AvgIpc) is 2.82. The summed E-state index contributed by atoms with van der Waals surface area (Å²) in [6.45, 7) is 4.51. The Morgan fingerprint density at radius 2 is 1.58 bits per heavy atom. The van der Waals surface area contributed by atoms with E-state index >= 15 is 0 Å². The number of aryl methyl sites for hydroxylation is 1. The van der Waals surface area contributed by atoms with E-state index in [1.54, 1.807) is 21.3 Å². The van der Waals surface area contributed by atoms with Gasteiger partial charge in [0.15, 0.2) is 23.0 Å². The zero-order chi connectivity index (χ0) is 23.7. The van der Waals surface area contributed by atoms with Gasteiger partial charge in [-0.25, -0.2) is 0 Å². The van der Waals surface area contributed by atoms with Crippen molar-refractivity contribution in [1.29, 1.82) is 10.7 Å². The zero-order valence-corrected chi connectivity index (χ0v) is 19.5. The van der Waals surface area contributed by atoms with E-state index in [0.717, 1.165) is 28.8 Å². The quantitative estimate of drug-likeness (QED) is 0.602. The van der Waals surface area contributed by atoms with Crippen LogP contribution in [0.5, 0.6) is 23.0 Å². The monoisotopic (exact) mass is 445 g/mol. The first-order valence-electron chi connectivity index (χ1n) is 10.7. The van der Waals surface area contributed by atoms with Crippen LogP contribution in [-0.4, -0.2) is 32.0 Å². The van der Waals surface area contributed by atoms with Crippen molar-refractivity contribution in [2.24, 2.45) is 0 Å². The molecule has 1 aliphatic rings. The first-order valence-corrected chi connectivity index (χ1v) is 10.7. The van der Waals surface area contributed by atoms with E-state index in [4.69, 9.17) is 24.4 Å². The first kappa shape index (κ1) is 22.3. The number of aromatic nitrogens is 1. The Morgan fingerprint density at radius 1 is 0.909 bits per heavy atom. The van der Waals surface area contributed by atoms with Gasteiger partial charge >= 0.3 is 0 Å². The number of nitrogens with zero attached hydrogens (tertiary/aromatic N) is 2. The number of rotatable bonds is 6. The summed E-state index contributed by atoms with van der Waals surface area (Å²) in [4.78, 5) is 0. The Balaban J connectivity index is 1.94. The molecule has 0 aliphatic carbocycles. The number of benzene rings is 2. The molecule has 7 heteroatoms. The van der Waals surface area contributed by atoms with Crippen LogP contribution < -0.4 is 24.4 Å². The van der Waals surface area contributed by atoms with Crippen LogP contribution in [-0.2, 0) is 13.0 Å². The SMILES string of the molecule is COc1cc2c(cc1OC)-c1cc(-c3ccc(OC(C)C)c(OC)c3)c(C#N)c(=N)n1CC2. The predicted molar refractivity (Wildman–Crippen MR) is 125 cm³/mol. The smallest absolute Gasteiger partial charge is 0.161 e. The highest BCUT2D eigenvalue weighted by atomic mass is 16.5. The van der Waals surface area contributed by atoms with Crippen LogP contribution >= 0.6 is 0 Å². The molecule has 0 atom stereocenters. The van der Waals surface area contributed by atoms with Crippen molar-refractivity contribution in [2.75, 3.05) is 21.3 Å². The molecule has 0 fully saturated rings. The minimum Gasteiger partial charge on any atom is -0.493 e. The fourth-order valence-corrected chi connectivity index (χ4v) is 4.25. The van der Waals surface area contributed by atoms with Crippen LogP contribution in [0.15, 0.2) is 36.4 Å². The van der Waals surface area contributed by atoms with Crippen LogP contribution in [0, 0.1) is 16.7 Å². The molecule has 0 amide bonds. The molecule has 0 bridgehead atoms. The van der Waals surface area contributed by atoms with E-state index in [2.05, 4.69) is 6.07 Å². The summed E-state index contributed by atoms with van der Waals surface area (Å²) in [6, 6.07) is 13.7. The van der Waals surface area contributed by atoms with Crippen LogP contribution in [0.1, 0.15) is 25.0 Å². The molecular formula is C26H27N3O4. The summed E-state index contributed by atoms with van der Waals surface area (Å²) in [5.41, 5.74) is 4.90. The molecule has 0 radical (unpaired) electrons. The standard InChI is InChI=1S/C26H27N3O4/c1-15(2)33-22-7-6-16(10-23(22)30-3)18-12-21-19-13-25(32-5)24(31-4)11-17(19)8-9-29(21)26(28)20(18)14-27/h6-7,10-13,15,28H,8-9H2,1-5H3. The summed E-state index contributed by atoms with van der Waals surface area (Å²) in [7, 11) is 4.81. The van der Waals surface area contributed by atoms with Crippen molar-refractivity contribution in [2.45, 2.75) is 32.9 Å². The molecule has 1 aliphatic heterocycles. The summed E-state index contributed by atoms with van der Waals surface area (Å²) >= 11 is 0. The molecule has 0 unspecified atom stereocenters. The topological polar surface area (TPSA) is 89.5 Å². The van der Waals surface area contributed by atoms with E-state index in [1.807, 2.05) is 54.8 Å². The normalized spacial score (nSPS) is 11.9. The van der Waals surface area contributed by atoms with E-state index in [-0.39, 0.29) is 11.6 Å². The second-order valence-corrected chi connectivity index (χ2v) is 8.08. The van der Waals surface area contributed by atoms with Gasteiger partial charge in [0.2, 0.25) is 0 Å². The van der Waals surface area contributed by atoms with Crippen LogP contribution in [0.25, 0.3) is 22.4 Å². The third-order valence-corrected chi connectivity index (χ3v) is 5.79. The molecule has 2 aromatic carbocycles. The van der Waals surface area contributed by atoms with Gasteiger partial charge in [0.25, 0.3) is 0 Å². The zero-order valence-electron chi connectivity index (χ0n) is 19.5. The molecule has 0 saturated carbocycles. The molecule has 2 heterocycles. The Kier molecular flexibility index (Phi) is 6.01. The maximum Gasteiger partial charge on any atom is 0.161 e. The average molecular weight is 446 g/mol. The molecule has 0 spiro atoms. The van der Waals surface area contributed by atoms with Crippen molar-refractivity contribution in [3.63, 3.8) is 0 Å². The largest absolute Gasteiger partial charge is 0.493 e. The minimum absolute atomic E-state index is 0.00267. The molecule has 33 heavy (non-hydrogen) atoms. The van der Waals surface area contributed by atoms with Crippen molar-refractivity contribution >= 4 is 0 Å². The Hall–Kier alpha value is -3.92. The summed E-state index contributed by atoms with van der Waals surface area (Å²) < 4.78 is 24.2. The summed E-state index contributed by atoms with van der Waals surface area (Å²) in [5, 5.41) is 18.7. The Morgan fingerprint density at radius 3 is 2.21 bits per heavy atom. The van der Waals surface area contributed by atoms with Crippen LogP contribution in [0.3, 0.4) is 0 Å². The van der Waals surface area contributed by atoms with Gasteiger partial charge in [-0.05, 0) is 61.7 Å². The van der Waals surface area contributed by atoms with Gasteiger partial charge in [0.1, 0.15) is 17.1 Å². The highest BCUT2D eigenvalue weighted by molar-refractivity contribution is 5.79. The number of hydrogen-bond donors (Lipinski definition) is 1. The number of ether oxygens (including phenoxy) is 4. The number of methoxy groups -OCH3 is 3. The number of pyridine rings is 1. The Labute approximate surface area is 193 Å². The molecule has 1 aromatic heterocycles. The maximum absolute atomic E-state index is 9.93. The molecule has 3 aromatic rings. The third kappa shape index (κ3) is 3.89. The fraction of sp³-hybridized carbons (Fsp3) is 0.308. The van der Waals surface area contributed by atoms with Gasteiger partial charge in [-0.3, -0.25) is 5.41 Å². The van der Waals surface area contributed by atoms with Crippen LogP contribution in [0.4, 0.5) is 0 Å². The molecule has 170 valence electrons. The second kappa shape index (κ2) is 8.91. The lowest BCUT2D eigenvalue weighted by atomic mass is 9.92. The summed E-state index contributed by atoms with van der Waals surface area (Å²) in [5.74, 6) is 2.51. The predicted octanol–water partition coefficient (Wildman–Crippen LogP) is 4.54. The number of fused-ring (bicyclic) bond motifs is 3. The van der Waals surface area contributed by atoms with Gasteiger partial charge in [-0.15, -0.1) is 0 Å². The van der Waals surface area contributed by atoms with Crippen molar-refractivity contribution in [1.82, 2.24) is 4.57 Å². The van der Waals surface area contributed by atoms with Crippen molar-refractivity contribution in [3.8, 4) is 51.5 Å². The molecular weight excluding hydrogens is 418 g/mol. The third-order valence-electron chi connectivity index (χ3n) is 5.79. The first-order chi connectivity index (χ1) is 15.9. The number of nitriles is 1. The number of nitrogens with one attached hydrogen (secondary N) is 1. The van der Waals surface area contributed by atoms with Crippen molar-refractivity contribution in [3.05, 3.63) is 53.0 Å². The van der Waals surface area contributed by atoms with E-state index in [9.17, 15) is 5.26 Å². The molecule has 1 N–H and O–H groups in total. The van der Waals surface area contributed by atoms with Crippen molar-refractivity contribution < 1.29 is 18.9 Å². The lowest BCUT2D eigenvalue weighted by Crippen LogP contribution is -2.28. The lowest BCUT2D eigenvalue weighted by molar-refractivity contribution is 0.230. The molecule has 4 rings (SSSR count). The van der Waals surface area contributed by atoms with Gasteiger partial charge in [0, 0.05) is 17.7 Å².